The second-order valence-electron chi connectivity index (χ2n) is 6.50. The quantitative estimate of drug-likeness (QED) is 0.277. The van der Waals surface area contributed by atoms with Crippen molar-refractivity contribution in [3.63, 3.8) is 0 Å². The van der Waals surface area contributed by atoms with Gasteiger partial charge in [-0.25, -0.2) is 0 Å². The predicted molar refractivity (Wildman–Crippen MR) is 99.8 cm³/mol. The van der Waals surface area contributed by atoms with Gasteiger partial charge in [0, 0.05) is 13.3 Å². The fraction of sp³-hybridized carbons (Fsp3) is 0.619. The Hall–Kier alpha value is -1.84. The first-order valence-corrected chi connectivity index (χ1v) is 9.54. The third kappa shape index (κ3) is 9.28. The van der Waals surface area contributed by atoms with Crippen molar-refractivity contribution in [1.82, 2.24) is 0 Å². The lowest BCUT2D eigenvalue weighted by Crippen LogP contribution is -2.10. The SMILES string of the molecule is CCC(CC)CCCCCCCC(=O)Oc1ccccc1OC(C)=O. The van der Waals surface area contributed by atoms with Crippen LogP contribution in [0, 0.1) is 5.92 Å². The Morgan fingerprint density at radius 1 is 0.880 bits per heavy atom. The van der Waals surface area contributed by atoms with Crippen molar-refractivity contribution in [2.24, 2.45) is 5.92 Å². The maximum absolute atomic E-state index is 11.9. The molecule has 0 unspecified atom stereocenters. The highest BCUT2D eigenvalue weighted by molar-refractivity contribution is 5.75. The minimum absolute atomic E-state index is 0.281. The van der Waals surface area contributed by atoms with Gasteiger partial charge in [-0.3, -0.25) is 9.59 Å². The number of carbonyl (C=O) groups is 2. The van der Waals surface area contributed by atoms with Crippen LogP contribution in [0.25, 0.3) is 0 Å². The fourth-order valence-corrected chi connectivity index (χ4v) is 2.88. The molecule has 0 fully saturated rings. The molecule has 0 saturated carbocycles. The van der Waals surface area contributed by atoms with Crippen molar-refractivity contribution in [1.29, 1.82) is 0 Å². The van der Waals surface area contributed by atoms with Gasteiger partial charge >= 0.3 is 11.9 Å². The standard InChI is InChI=1S/C21H32O4/c1-4-18(5-2)13-9-7-6-8-10-16-21(23)25-20-15-12-11-14-19(20)24-17(3)22/h11-12,14-15,18H,4-10,13,16H2,1-3H3. The van der Waals surface area contributed by atoms with Crippen LogP contribution in [0.2, 0.25) is 0 Å². The van der Waals surface area contributed by atoms with Gasteiger partial charge in [-0.1, -0.05) is 70.9 Å². The molecule has 4 heteroatoms. The van der Waals surface area contributed by atoms with E-state index in [1.54, 1.807) is 24.3 Å². The number of rotatable bonds is 12. The molecule has 0 spiro atoms. The normalized spacial score (nSPS) is 10.7. The summed E-state index contributed by atoms with van der Waals surface area (Å²) in [5.74, 6) is 0.735. The number of hydrogen-bond donors (Lipinski definition) is 0. The van der Waals surface area contributed by atoms with Gasteiger partial charge in [0.15, 0.2) is 11.5 Å². The summed E-state index contributed by atoms with van der Waals surface area (Å²) < 4.78 is 10.4. The van der Waals surface area contributed by atoms with E-state index >= 15 is 0 Å². The molecule has 4 nitrogen and oxygen atoms in total. The van der Waals surface area contributed by atoms with E-state index < -0.39 is 5.97 Å². The Bertz CT molecular complexity index is 520. The van der Waals surface area contributed by atoms with Crippen molar-refractivity contribution >= 4 is 11.9 Å². The van der Waals surface area contributed by atoms with E-state index in [1.165, 1.54) is 39.0 Å². The smallest absolute Gasteiger partial charge is 0.311 e. The topological polar surface area (TPSA) is 52.6 Å². The number of ether oxygens (including phenoxy) is 2. The zero-order valence-electron chi connectivity index (χ0n) is 15.9. The summed E-state index contributed by atoms with van der Waals surface area (Å²) in [5, 5.41) is 0. The lowest BCUT2D eigenvalue weighted by molar-refractivity contribution is -0.136. The Kier molecular flexibility index (Phi) is 10.6. The molecule has 0 radical (unpaired) electrons. The van der Waals surface area contributed by atoms with Crippen LogP contribution < -0.4 is 9.47 Å². The molecular weight excluding hydrogens is 316 g/mol. The van der Waals surface area contributed by atoms with Crippen molar-refractivity contribution in [3.8, 4) is 11.5 Å². The van der Waals surface area contributed by atoms with Gasteiger partial charge in [0.2, 0.25) is 0 Å². The van der Waals surface area contributed by atoms with Crippen LogP contribution in [0.5, 0.6) is 11.5 Å². The first-order valence-electron chi connectivity index (χ1n) is 9.54. The monoisotopic (exact) mass is 348 g/mol. The number of para-hydroxylation sites is 2. The van der Waals surface area contributed by atoms with Gasteiger partial charge in [0.05, 0.1) is 0 Å². The molecule has 0 amide bonds. The van der Waals surface area contributed by atoms with E-state index in [1.807, 2.05) is 0 Å². The van der Waals surface area contributed by atoms with Crippen LogP contribution in [0.4, 0.5) is 0 Å². The van der Waals surface area contributed by atoms with Gasteiger partial charge in [-0.05, 0) is 24.5 Å². The molecule has 140 valence electrons. The first-order chi connectivity index (χ1) is 12.1. The number of esters is 2. The summed E-state index contributed by atoms with van der Waals surface area (Å²) in [7, 11) is 0. The van der Waals surface area contributed by atoms with E-state index in [0.717, 1.165) is 25.2 Å². The Morgan fingerprint density at radius 3 is 2.04 bits per heavy atom. The molecule has 0 aliphatic rings. The van der Waals surface area contributed by atoms with Crippen LogP contribution in [0.3, 0.4) is 0 Å². The zero-order valence-corrected chi connectivity index (χ0v) is 15.9. The summed E-state index contributed by atoms with van der Waals surface area (Å²) in [6.07, 6.45) is 9.82. The molecular formula is C21H32O4. The second-order valence-corrected chi connectivity index (χ2v) is 6.50. The van der Waals surface area contributed by atoms with Crippen LogP contribution in [0.15, 0.2) is 24.3 Å². The van der Waals surface area contributed by atoms with Crippen molar-refractivity contribution in [2.75, 3.05) is 0 Å². The maximum atomic E-state index is 11.9. The minimum atomic E-state index is -0.433. The highest BCUT2D eigenvalue weighted by Crippen LogP contribution is 2.27. The van der Waals surface area contributed by atoms with Crippen LogP contribution in [-0.2, 0) is 9.59 Å². The van der Waals surface area contributed by atoms with E-state index in [-0.39, 0.29) is 11.7 Å². The molecule has 1 aromatic rings. The number of carbonyl (C=O) groups excluding carboxylic acids is 2. The summed E-state index contributed by atoms with van der Waals surface area (Å²) in [5.41, 5.74) is 0. The van der Waals surface area contributed by atoms with Gasteiger partial charge in [0.1, 0.15) is 0 Å². The highest BCUT2D eigenvalue weighted by atomic mass is 16.6. The van der Waals surface area contributed by atoms with Crippen LogP contribution >= 0.6 is 0 Å². The maximum Gasteiger partial charge on any atom is 0.311 e. The third-order valence-electron chi connectivity index (χ3n) is 4.47. The van der Waals surface area contributed by atoms with Crippen molar-refractivity contribution in [3.05, 3.63) is 24.3 Å². The van der Waals surface area contributed by atoms with Crippen LogP contribution in [-0.4, -0.2) is 11.9 Å². The third-order valence-corrected chi connectivity index (χ3v) is 4.47. The Morgan fingerprint density at radius 2 is 1.44 bits per heavy atom. The predicted octanol–water partition coefficient (Wildman–Crippen LogP) is 5.68. The number of hydrogen-bond acceptors (Lipinski definition) is 4. The molecule has 1 rings (SSSR count). The molecule has 0 atom stereocenters. The van der Waals surface area contributed by atoms with E-state index in [2.05, 4.69) is 13.8 Å². The molecule has 25 heavy (non-hydrogen) atoms. The van der Waals surface area contributed by atoms with Crippen molar-refractivity contribution < 1.29 is 19.1 Å². The van der Waals surface area contributed by atoms with Gasteiger partial charge in [-0.15, -0.1) is 0 Å². The van der Waals surface area contributed by atoms with Crippen LogP contribution in [0.1, 0.15) is 78.6 Å². The molecule has 0 saturated heterocycles. The number of benzene rings is 1. The molecule has 1 aromatic carbocycles. The largest absolute Gasteiger partial charge is 0.423 e. The number of unbranched alkanes of at least 4 members (excludes halogenated alkanes) is 4. The van der Waals surface area contributed by atoms with E-state index in [9.17, 15) is 9.59 Å². The minimum Gasteiger partial charge on any atom is -0.423 e. The molecule has 0 aliphatic heterocycles. The van der Waals surface area contributed by atoms with Gasteiger partial charge in [0.25, 0.3) is 0 Å². The van der Waals surface area contributed by atoms with Crippen molar-refractivity contribution in [2.45, 2.75) is 78.6 Å². The summed E-state index contributed by atoms with van der Waals surface area (Å²) >= 11 is 0. The average molecular weight is 348 g/mol. The lowest BCUT2D eigenvalue weighted by Gasteiger charge is -2.11. The van der Waals surface area contributed by atoms with Gasteiger partial charge < -0.3 is 9.47 Å². The van der Waals surface area contributed by atoms with E-state index in [0.29, 0.717) is 12.2 Å². The molecule has 0 N–H and O–H groups in total. The Balaban J connectivity index is 2.20. The average Bonchev–Trinajstić information content (AvgIpc) is 2.59. The fourth-order valence-electron chi connectivity index (χ4n) is 2.88. The van der Waals surface area contributed by atoms with E-state index in [4.69, 9.17) is 9.47 Å². The van der Waals surface area contributed by atoms with Gasteiger partial charge in [-0.2, -0.15) is 0 Å². The molecule has 0 aromatic heterocycles. The lowest BCUT2D eigenvalue weighted by atomic mass is 9.96. The summed E-state index contributed by atoms with van der Waals surface area (Å²) in [4.78, 5) is 23.0. The zero-order chi connectivity index (χ0) is 18.5. The molecule has 0 aliphatic carbocycles. The molecule has 0 bridgehead atoms. The summed E-state index contributed by atoms with van der Waals surface area (Å²) in [6, 6.07) is 6.73. The Labute approximate surface area is 151 Å². The second kappa shape index (κ2) is 12.5. The first kappa shape index (κ1) is 21.2. The molecule has 0 heterocycles. The summed E-state index contributed by atoms with van der Waals surface area (Å²) in [6.45, 7) is 5.85. The highest BCUT2D eigenvalue weighted by Gasteiger charge is 2.11.